The van der Waals surface area contributed by atoms with Crippen LogP contribution in [0, 0.1) is 0 Å². The fraction of sp³-hybridized carbons (Fsp3) is 0.0435. The predicted octanol–water partition coefficient (Wildman–Crippen LogP) is 5.71. The first-order valence-electron chi connectivity index (χ1n) is 8.94. The van der Waals surface area contributed by atoms with E-state index in [0.29, 0.717) is 22.1 Å². The molecule has 0 bridgehead atoms. The monoisotopic (exact) mass is 390 g/mol. The minimum absolute atomic E-state index is 0.282. The zero-order chi connectivity index (χ0) is 20.2. The smallest absolute Gasteiger partial charge is 0.274 e. The number of hydrogen-bond donors (Lipinski definition) is 0. The number of alkyl halides is 3. The second kappa shape index (κ2) is 6.17. The lowest BCUT2D eigenvalue weighted by molar-refractivity contribution is -0.136. The number of pyridine rings is 2. The third-order valence-electron chi connectivity index (χ3n) is 5.07. The Labute approximate surface area is 162 Å². The zero-order valence-electron chi connectivity index (χ0n) is 14.9. The van der Waals surface area contributed by atoms with Gasteiger partial charge >= 0.3 is 6.18 Å². The summed E-state index contributed by atoms with van der Waals surface area (Å²) in [5.74, 6) is 0. The van der Waals surface area contributed by atoms with Crippen LogP contribution in [0.3, 0.4) is 0 Å². The molecule has 0 spiro atoms. The number of halogens is 3. The van der Waals surface area contributed by atoms with E-state index in [0.717, 1.165) is 11.5 Å². The Bertz CT molecular complexity index is 1460. The standard InChI is InChI=1S/C23H13F3N2O/c24-23(25,26)17-10-4-9-16-15-8-1-2-11-18(15)28(22(29)20(16)17)19-12-3-6-14-7-5-13-27-21(14)19/h1-13H. The average Bonchev–Trinajstić information content (AvgIpc) is 2.73. The number of fused-ring (bicyclic) bond motifs is 4. The molecule has 0 unspecified atom stereocenters. The lowest BCUT2D eigenvalue weighted by atomic mass is 10.0. The van der Waals surface area contributed by atoms with Crippen LogP contribution in [0.4, 0.5) is 13.2 Å². The molecule has 0 radical (unpaired) electrons. The Kier molecular flexibility index (Phi) is 3.71. The molecular formula is C23H13F3N2O. The molecule has 142 valence electrons. The van der Waals surface area contributed by atoms with E-state index in [2.05, 4.69) is 4.98 Å². The molecular weight excluding hydrogens is 377 g/mol. The Morgan fingerprint density at radius 2 is 1.52 bits per heavy atom. The summed E-state index contributed by atoms with van der Waals surface area (Å²) in [5, 5.41) is 1.31. The van der Waals surface area contributed by atoms with Crippen molar-refractivity contribution in [3.05, 3.63) is 94.9 Å². The van der Waals surface area contributed by atoms with E-state index in [9.17, 15) is 18.0 Å². The van der Waals surface area contributed by atoms with Gasteiger partial charge in [0.1, 0.15) is 0 Å². The minimum atomic E-state index is -4.64. The largest absolute Gasteiger partial charge is 0.417 e. The van der Waals surface area contributed by atoms with Gasteiger partial charge in [0.25, 0.3) is 5.56 Å². The van der Waals surface area contributed by atoms with Crippen LogP contribution in [0.15, 0.2) is 83.8 Å². The van der Waals surface area contributed by atoms with E-state index in [-0.39, 0.29) is 10.8 Å². The van der Waals surface area contributed by atoms with Crippen LogP contribution in [0.1, 0.15) is 5.56 Å². The maximum atomic E-state index is 13.7. The normalized spacial score (nSPS) is 12.1. The molecule has 3 aromatic carbocycles. The van der Waals surface area contributed by atoms with Gasteiger partial charge in [-0.1, -0.05) is 48.5 Å². The Balaban J connectivity index is 2.06. The van der Waals surface area contributed by atoms with Gasteiger partial charge in [-0.25, -0.2) is 0 Å². The highest BCUT2D eigenvalue weighted by Crippen LogP contribution is 2.36. The predicted molar refractivity (Wildman–Crippen MR) is 107 cm³/mol. The van der Waals surface area contributed by atoms with Crippen LogP contribution < -0.4 is 5.56 Å². The third kappa shape index (κ3) is 2.60. The van der Waals surface area contributed by atoms with Gasteiger partial charge in [0.05, 0.1) is 27.7 Å². The molecule has 0 atom stereocenters. The highest BCUT2D eigenvalue weighted by atomic mass is 19.4. The van der Waals surface area contributed by atoms with Crippen molar-refractivity contribution >= 4 is 32.6 Å². The summed E-state index contributed by atoms with van der Waals surface area (Å²) in [6.07, 6.45) is -3.04. The first-order chi connectivity index (χ1) is 14.0. The van der Waals surface area contributed by atoms with E-state index in [1.807, 2.05) is 12.1 Å². The molecule has 3 nitrogen and oxygen atoms in total. The molecule has 29 heavy (non-hydrogen) atoms. The Morgan fingerprint density at radius 3 is 2.34 bits per heavy atom. The fourth-order valence-electron chi connectivity index (χ4n) is 3.87. The van der Waals surface area contributed by atoms with Crippen molar-refractivity contribution in [2.75, 3.05) is 0 Å². The number of benzene rings is 3. The maximum absolute atomic E-state index is 13.7. The SMILES string of the molecule is O=c1c2c(C(F)(F)F)cccc2c2ccccc2n1-c1cccc2cccnc12. The number of para-hydroxylation sites is 2. The van der Waals surface area contributed by atoms with Crippen LogP contribution >= 0.6 is 0 Å². The van der Waals surface area contributed by atoms with Gasteiger partial charge in [-0.2, -0.15) is 13.2 Å². The van der Waals surface area contributed by atoms with Crippen LogP contribution in [0.5, 0.6) is 0 Å². The minimum Gasteiger partial charge on any atom is -0.274 e. The summed E-state index contributed by atoms with van der Waals surface area (Å²) in [5.41, 5.74) is -0.130. The molecule has 2 heterocycles. The van der Waals surface area contributed by atoms with Gasteiger partial charge in [-0.3, -0.25) is 14.3 Å². The van der Waals surface area contributed by atoms with Crippen LogP contribution in [0.25, 0.3) is 38.3 Å². The lowest BCUT2D eigenvalue weighted by Crippen LogP contribution is -2.22. The summed E-state index contributed by atoms with van der Waals surface area (Å²) in [7, 11) is 0. The van der Waals surface area contributed by atoms with Crippen molar-refractivity contribution in [2.24, 2.45) is 0 Å². The van der Waals surface area contributed by atoms with Gasteiger partial charge < -0.3 is 0 Å². The van der Waals surface area contributed by atoms with Crippen LogP contribution in [-0.2, 0) is 6.18 Å². The molecule has 0 aliphatic rings. The van der Waals surface area contributed by atoms with Crippen molar-refractivity contribution < 1.29 is 13.2 Å². The van der Waals surface area contributed by atoms with E-state index in [4.69, 9.17) is 0 Å². The molecule has 6 heteroatoms. The molecule has 0 fully saturated rings. The van der Waals surface area contributed by atoms with Crippen molar-refractivity contribution in [3.8, 4) is 5.69 Å². The molecule has 0 amide bonds. The maximum Gasteiger partial charge on any atom is 0.417 e. The quantitative estimate of drug-likeness (QED) is 0.344. The number of aromatic nitrogens is 2. The first kappa shape index (κ1) is 17.4. The van der Waals surface area contributed by atoms with Gasteiger partial charge in [-0.15, -0.1) is 0 Å². The van der Waals surface area contributed by atoms with Crippen LogP contribution in [0.2, 0.25) is 0 Å². The fourth-order valence-corrected chi connectivity index (χ4v) is 3.87. The third-order valence-corrected chi connectivity index (χ3v) is 5.07. The van der Waals surface area contributed by atoms with Crippen LogP contribution in [-0.4, -0.2) is 9.55 Å². The van der Waals surface area contributed by atoms with Gasteiger partial charge in [0, 0.05) is 17.0 Å². The van der Waals surface area contributed by atoms with E-state index >= 15 is 0 Å². The highest BCUT2D eigenvalue weighted by Gasteiger charge is 2.34. The molecule has 0 aliphatic heterocycles. The van der Waals surface area contributed by atoms with Gasteiger partial charge in [0.2, 0.25) is 0 Å². The summed E-state index contributed by atoms with van der Waals surface area (Å²) >= 11 is 0. The van der Waals surface area contributed by atoms with Gasteiger partial charge in [0.15, 0.2) is 0 Å². The summed E-state index contributed by atoms with van der Waals surface area (Å²) < 4.78 is 42.5. The Morgan fingerprint density at radius 1 is 0.793 bits per heavy atom. The first-order valence-corrected chi connectivity index (χ1v) is 8.94. The summed E-state index contributed by atoms with van der Waals surface area (Å²) in [6, 6.07) is 19.7. The van der Waals surface area contributed by atoms with Gasteiger partial charge in [-0.05, 0) is 29.7 Å². The Hall–Kier alpha value is -3.67. The van der Waals surface area contributed by atoms with E-state index < -0.39 is 17.3 Å². The molecule has 0 saturated heterocycles. The van der Waals surface area contributed by atoms with Crippen molar-refractivity contribution in [1.29, 1.82) is 0 Å². The zero-order valence-corrected chi connectivity index (χ0v) is 14.9. The molecule has 0 saturated carbocycles. The highest BCUT2D eigenvalue weighted by molar-refractivity contribution is 6.08. The average molecular weight is 390 g/mol. The molecule has 0 N–H and O–H groups in total. The lowest BCUT2D eigenvalue weighted by Gasteiger charge is -2.17. The molecule has 5 rings (SSSR count). The number of nitrogens with zero attached hydrogens (tertiary/aromatic N) is 2. The molecule has 2 aromatic heterocycles. The summed E-state index contributed by atoms with van der Waals surface area (Å²) in [6.45, 7) is 0. The van der Waals surface area contributed by atoms with Crippen molar-refractivity contribution in [2.45, 2.75) is 6.18 Å². The topological polar surface area (TPSA) is 34.9 Å². The molecule has 5 aromatic rings. The number of rotatable bonds is 1. The summed E-state index contributed by atoms with van der Waals surface area (Å²) in [4.78, 5) is 17.9. The second-order valence-corrected chi connectivity index (χ2v) is 6.74. The molecule has 0 aliphatic carbocycles. The van der Waals surface area contributed by atoms with Crippen molar-refractivity contribution in [1.82, 2.24) is 9.55 Å². The van der Waals surface area contributed by atoms with E-state index in [1.54, 1.807) is 54.7 Å². The number of hydrogen-bond acceptors (Lipinski definition) is 2. The van der Waals surface area contributed by atoms with E-state index in [1.165, 1.54) is 10.6 Å². The van der Waals surface area contributed by atoms with Crippen molar-refractivity contribution in [3.63, 3.8) is 0 Å². The second-order valence-electron chi connectivity index (χ2n) is 6.74.